The van der Waals surface area contributed by atoms with Crippen LogP contribution >= 0.6 is 0 Å². The number of hydrogen-bond donors (Lipinski definition) is 0. The van der Waals surface area contributed by atoms with Crippen LogP contribution in [0.4, 0.5) is 0 Å². The highest BCUT2D eigenvalue weighted by atomic mass is 16.6. The third-order valence-electron chi connectivity index (χ3n) is 3.39. The number of esters is 2. The van der Waals surface area contributed by atoms with E-state index >= 15 is 0 Å². The van der Waals surface area contributed by atoms with Gasteiger partial charge in [-0.3, -0.25) is 0 Å². The van der Waals surface area contributed by atoms with Crippen LogP contribution in [0, 0.1) is 11.8 Å². The van der Waals surface area contributed by atoms with Crippen molar-refractivity contribution in [1.29, 1.82) is 0 Å². The highest BCUT2D eigenvalue weighted by Gasteiger charge is 2.18. The number of carbonyl (C=O) groups excluding carboxylic acids is 2. The van der Waals surface area contributed by atoms with Crippen molar-refractivity contribution in [3.05, 3.63) is 70.8 Å². The molecule has 0 fully saturated rings. The second-order valence-corrected chi connectivity index (χ2v) is 8.41. The molecule has 0 saturated carbocycles. The molecule has 0 amide bonds. The zero-order valence-electron chi connectivity index (χ0n) is 17.3. The van der Waals surface area contributed by atoms with E-state index in [-0.39, 0.29) is 11.9 Å². The molecule has 0 aromatic heterocycles. The van der Waals surface area contributed by atoms with Gasteiger partial charge in [0.25, 0.3) is 0 Å². The molecule has 2 rings (SSSR count). The molecule has 2 aromatic rings. The molecule has 0 heterocycles. The van der Waals surface area contributed by atoms with Crippen LogP contribution < -0.4 is 0 Å². The van der Waals surface area contributed by atoms with Gasteiger partial charge in [-0.2, -0.15) is 0 Å². The van der Waals surface area contributed by atoms with Crippen LogP contribution in [0.2, 0.25) is 0 Å². The summed E-state index contributed by atoms with van der Waals surface area (Å²) < 4.78 is 10.7. The van der Waals surface area contributed by atoms with E-state index in [4.69, 9.17) is 9.47 Å². The fourth-order valence-electron chi connectivity index (χ4n) is 2.20. The molecule has 0 saturated heterocycles. The molecule has 0 atom stereocenters. The Labute approximate surface area is 166 Å². The van der Waals surface area contributed by atoms with Crippen molar-refractivity contribution in [2.24, 2.45) is 0 Å². The second kappa shape index (κ2) is 8.31. The van der Waals surface area contributed by atoms with Crippen LogP contribution in [0.25, 0.3) is 0 Å². The van der Waals surface area contributed by atoms with E-state index in [1.165, 1.54) is 0 Å². The molecule has 0 aliphatic carbocycles. The fraction of sp³-hybridized carbons (Fsp3) is 0.333. The van der Waals surface area contributed by atoms with E-state index < -0.39 is 11.2 Å². The zero-order chi connectivity index (χ0) is 20.9. The number of benzene rings is 2. The van der Waals surface area contributed by atoms with Gasteiger partial charge < -0.3 is 9.47 Å². The van der Waals surface area contributed by atoms with Gasteiger partial charge in [0.05, 0.1) is 11.1 Å². The second-order valence-electron chi connectivity index (χ2n) is 8.41. The summed E-state index contributed by atoms with van der Waals surface area (Å²) in [4.78, 5) is 24.1. The van der Waals surface area contributed by atoms with Crippen molar-refractivity contribution in [2.45, 2.75) is 52.7 Å². The Morgan fingerprint density at radius 3 is 1.14 bits per heavy atom. The van der Waals surface area contributed by atoms with Gasteiger partial charge in [-0.1, -0.05) is 11.8 Å². The summed E-state index contributed by atoms with van der Waals surface area (Å²) in [5.74, 6) is 5.37. The smallest absolute Gasteiger partial charge is 0.338 e. The van der Waals surface area contributed by atoms with Gasteiger partial charge in [0.15, 0.2) is 0 Å². The van der Waals surface area contributed by atoms with Crippen LogP contribution in [0.1, 0.15) is 73.4 Å². The lowest BCUT2D eigenvalue weighted by Crippen LogP contribution is -2.23. The van der Waals surface area contributed by atoms with E-state index in [2.05, 4.69) is 11.8 Å². The lowest BCUT2D eigenvalue weighted by Gasteiger charge is -2.19. The van der Waals surface area contributed by atoms with Crippen molar-refractivity contribution >= 4 is 11.9 Å². The molecular weight excluding hydrogens is 352 g/mol. The fourth-order valence-corrected chi connectivity index (χ4v) is 2.20. The average Bonchev–Trinajstić information content (AvgIpc) is 2.58. The Hall–Kier alpha value is -3.06. The summed E-state index contributed by atoms with van der Waals surface area (Å²) in [7, 11) is 0. The lowest BCUT2D eigenvalue weighted by molar-refractivity contribution is 0.00570. The molecule has 0 spiro atoms. The summed E-state index contributed by atoms with van der Waals surface area (Å²) in [6, 6.07) is 13.9. The number of ether oxygens (including phenoxy) is 2. The van der Waals surface area contributed by atoms with E-state index in [1.54, 1.807) is 48.5 Å². The first-order valence-electron chi connectivity index (χ1n) is 9.12. The third-order valence-corrected chi connectivity index (χ3v) is 3.39. The molecular formula is C24H26O4. The van der Waals surface area contributed by atoms with Crippen molar-refractivity contribution < 1.29 is 19.1 Å². The van der Waals surface area contributed by atoms with Crippen molar-refractivity contribution in [2.75, 3.05) is 0 Å². The van der Waals surface area contributed by atoms with Gasteiger partial charge >= 0.3 is 11.9 Å². The quantitative estimate of drug-likeness (QED) is 0.545. The minimum absolute atomic E-state index is 0.357. The van der Waals surface area contributed by atoms with E-state index in [9.17, 15) is 9.59 Å². The van der Waals surface area contributed by atoms with Crippen LogP contribution in [0.3, 0.4) is 0 Å². The lowest BCUT2D eigenvalue weighted by atomic mass is 10.1. The molecule has 0 bridgehead atoms. The normalized spacial score (nSPS) is 11.2. The van der Waals surface area contributed by atoms with Gasteiger partial charge in [0, 0.05) is 11.1 Å². The first kappa shape index (κ1) is 21.2. The molecule has 0 radical (unpaired) electrons. The van der Waals surface area contributed by atoms with Crippen LogP contribution in [0.5, 0.6) is 0 Å². The SMILES string of the molecule is CC(C)(C)OC(=O)c1ccc(C#Cc2ccc(C(=O)OC(C)(C)C)cc2)cc1. The molecule has 0 N–H and O–H groups in total. The van der Waals surface area contributed by atoms with E-state index in [0.717, 1.165) is 11.1 Å². The molecule has 4 nitrogen and oxygen atoms in total. The maximum Gasteiger partial charge on any atom is 0.338 e. The molecule has 0 unspecified atom stereocenters. The molecule has 2 aromatic carbocycles. The summed E-state index contributed by atoms with van der Waals surface area (Å²) in [5.41, 5.74) is 1.48. The predicted octanol–water partition coefficient (Wildman–Crippen LogP) is 5.00. The van der Waals surface area contributed by atoms with Gasteiger partial charge in [-0.15, -0.1) is 0 Å². The van der Waals surface area contributed by atoms with Crippen molar-refractivity contribution in [3.63, 3.8) is 0 Å². The van der Waals surface area contributed by atoms with E-state index in [0.29, 0.717) is 11.1 Å². The Morgan fingerprint density at radius 2 is 0.893 bits per heavy atom. The molecule has 28 heavy (non-hydrogen) atoms. The summed E-state index contributed by atoms with van der Waals surface area (Å²) in [6.07, 6.45) is 0. The van der Waals surface area contributed by atoms with Gasteiger partial charge in [-0.05, 0) is 90.1 Å². The largest absolute Gasteiger partial charge is 0.456 e. The van der Waals surface area contributed by atoms with Gasteiger partial charge in [-0.25, -0.2) is 9.59 Å². The Bertz CT molecular complexity index is 821. The minimum Gasteiger partial charge on any atom is -0.456 e. The van der Waals surface area contributed by atoms with Crippen molar-refractivity contribution in [3.8, 4) is 11.8 Å². The Kier molecular flexibility index (Phi) is 6.30. The Morgan fingerprint density at radius 1 is 0.607 bits per heavy atom. The number of rotatable bonds is 2. The molecule has 0 aliphatic rings. The summed E-state index contributed by atoms with van der Waals surface area (Å²) >= 11 is 0. The highest BCUT2D eigenvalue weighted by molar-refractivity contribution is 5.90. The Balaban J connectivity index is 2.05. The first-order chi connectivity index (χ1) is 12.9. The van der Waals surface area contributed by atoms with Crippen LogP contribution in [-0.4, -0.2) is 23.1 Å². The van der Waals surface area contributed by atoms with Crippen LogP contribution in [-0.2, 0) is 9.47 Å². The standard InChI is InChI=1S/C24H26O4/c1-23(2,3)27-21(25)19-13-9-17(10-14-19)7-8-18-11-15-20(16-12-18)22(26)28-24(4,5)6/h9-16H,1-6H3. The monoisotopic (exact) mass is 378 g/mol. The zero-order valence-corrected chi connectivity index (χ0v) is 17.3. The van der Waals surface area contributed by atoms with Crippen LogP contribution in [0.15, 0.2) is 48.5 Å². The summed E-state index contributed by atoms with van der Waals surface area (Å²) in [6.45, 7) is 11.0. The molecule has 4 heteroatoms. The highest BCUT2D eigenvalue weighted by Crippen LogP contribution is 2.14. The van der Waals surface area contributed by atoms with Gasteiger partial charge in [0.2, 0.25) is 0 Å². The maximum absolute atomic E-state index is 12.0. The van der Waals surface area contributed by atoms with Crippen molar-refractivity contribution in [1.82, 2.24) is 0 Å². The topological polar surface area (TPSA) is 52.6 Å². The summed E-state index contributed by atoms with van der Waals surface area (Å²) in [5, 5.41) is 0. The molecule has 146 valence electrons. The maximum atomic E-state index is 12.0. The van der Waals surface area contributed by atoms with Gasteiger partial charge in [0.1, 0.15) is 11.2 Å². The number of hydrogen-bond acceptors (Lipinski definition) is 4. The molecule has 0 aliphatic heterocycles. The van der Waals surface area contributed by atoms with E-state index in [1.807, 2.05) is 41.5 Å². The minimum atomic E-state index is -0.527. The average molecular weight is 378 g/mol. The predicted molar refractivity (Wildman–Crippen MR) is 109 cm³/mol. The first-order valence-corrected chi connectivity index (χ1v) is 9.12. The number of carbonyl (C=O) groups is 2. The third kappa shape index (κ3) is 6.92.